The Morgan fingerprint density at radius 1 is 1.13 bits per heavy atom. The van der Waals surface area contributed by atoms with E-state index in [0.29, 0.717) is 23.7 Å². The molecular formula is C23H22F2N2O3S. The maximum absolute atomic E-state index is 15.1. The van der Waals surface area contributed by atoms with Crippen LogP contribution in [0.3, 0.4) is 0 Å². The van der Waals surface area contributed by atoms with Crippen molar-refractivity contribution in [1.29, 1.82) is 0 Å². The van der Waals surface area contributed by atoms with Gasteiger partial charge in [0.25, 0.3) is 0 Å². The predicted octanol–water partition coefficient (Wildman–Crippen LogP) is 5.19. The molecule has 0 N–H and O–H groups in total. The first-order chi connectivity index (χ1) is 15.0. The Kier molecular flexibility index (Phi) is 6.46. The van der Waals surface area contributed by atoms with Gasteiger partial charge in [0.1, 0.15) is 17.4 Å². The van der Waals surface area contributed by atoms with Crippen molar-refractivity contribution in [3.63, 3.8) is 0 Å². The summed E-state index contributed by atoms with van der Waals surface area (Å²) in [6, 6.07) is 9.59. The third-order valence-corrected chi connectivity index (χ3v) is 6.16. The largest absolute Gasteiger partial charge is 0.497 e. The van der Waals surface area contributed by atoms with Crippen molar-refractivity contribution in [2.45, 2.75) is 32.4 Å². The van der Waals surface area contributed by atoms with Gasteiger partial charge in [-0.05, 0) is 42.7 Å². The van der Waals surface area contributed by atoms with Gasteiger partial charge in [-0.3, -0.25) is 4.79 Å². The molecule has 1 saturated heterocycles. The second-order valence-electron chi connectivity index (χ2n) is 7.28. The summed E-state index contributed by atoms with van der Waals surface area (Å²) in [6.45, 7) is 1.20. The number of hydrogen-bond donors (Lipinski definition) is 0. The van der Waals surface area contributed by atoms with E-state index in [9.17, 15) is 9.18 Å². The summed E-state index contributed by atoms with van der Waals surface area (Å²) in [5.41, 5.74) is 0.931. The highest BCUT2D eigenvalue weighted by Crippen LogP contribution is 2.34. The topological polar surface area (TPSA) is 51.7 Å². The van der Waals surface area contributed by atoms with Crippen LogP contribution >= 0.6 is 11.3 Å². The quantitative estimate of drug-likeness (QED) is 0.503. The summed E-state index contributed by atoms with van der Waals surface area (Å²) >= 11 is 1.29. The van der Waals surface area contributed by atoms with Gasteiger partial charge in [0.05, 0.1) is 19.2 Å². The maximum atomic E-state index is 15.1. The second kappa shape index (κ2) is 9.43. The molecule has 2 aromatic carbocycles. The van der Waals surface area contributed by atoms with Gasteiger partial charge in [0.2, 0.25) is 5.91 Å². The van der Waals surface area contributed by atoms with Gasteiger partial charge in [-0.2, -0.15) is 0 Å². The number of likely N-dealkylation sites (tertiary alicyclic amines) is 1. The highest BCUT2D eigenvalue weighted by atomic mass is 32.1. The molecule has 3 aromatic rings. The minimum absolute atomic E-state index is 0.0154. The summed E-state index contributed by atoms with van der Waals surface area (Å²) in [6.07, 6.45) is 4.11. The lowest BCUT2D eigenvalue weighted by Gasteiger charge is -2.25. The van der Waals surface area contributed by atoms with Gasteiger partial charge in [0.15, 0.2) is 17.4 Å². The number of carbonyl (C=O) groups is 1. The van der Waals surface area contributed by atoms with Crippen LogP contribution in [0, 0.1) is 11.6 Å². The second-order valence-corrected chi connectivity index (χ2v) is 8.39. The Labute approximate surface area is 183 Å². The van der Waals surface area contributed by atoms with Crippen molar-refractivity contribution >= 4 is 17.2 Å². The molecule has 8 heteroatoms. The summed E-state index contributed by atoms with van der Waals surface area (Å²) in [5, 5.41) is 0.422. The molecule has 1 amide bonds. The molecule has 0 saturated carbocycles. The van der Waals surface area contributed by atoms with E-state index < -0.39 is 17.4 Å². The third-order valence-electron chi connectivity index (χ3n) is 5.14. The number of carbonyl (C=O) groups excluding carboxylic acids is 1. The van der Waals surface area contributed by atoms with Crippen molar-refractivity contribution < 1.29 is 23.0 Å². The molecule has 0 aliphatic carbocycles. The van der Waals surface area contributed by atoms with Gasteiger partial charge < -0.3 is 14.4 Å². The van der Waals surface area contributed by atoms with Crippen LogP contribution in [0.1, 0.15) is 29.7 Å². The molecule has 1 aromatic heterocycles. The molecule has 31 heavy (non-hydrogen) atoms. The van der Waals surface area contributed by atoms with E-state index in [2.05, 4.69) is 4.98 Å². The molecule has 1 aliphatic heterocycles. The molecule has 162 valence electrons. The molecule has 0 atom stereocenters. The molecule has 0 spiro atoms. The van der Waals surface area contributed by atoms with Gasteiger partial charge in [-0.15, -0.1) is 11.3 Å². The van der Waals surface area contributed by atoms with Gasteiger partial charge in [-0.1, -0.05) is 12.1 Å². The van der Waals surface area contributed by atoms with Crippen LogP contribution in [0.15, 0.2) is 42.6 Å². The molecular weight excluding hydrogens is 422 g/mol. The number of piperidine rings is 1. The monoisotopic (exact) mass is 444 g/mol. The molecule has 0 unspecified atom stereocenters. The normalized spacial score (nSPS) is 14.0. The van der Waals surface area contributed by atoms with Crippen molar-refractivity contribution in [3.05, 3.63) is 64.7 Å². The highest BCUT2D eigenvalue weighted by molar-refractivity contribution is 7.15. The van der Waals surface area contributed by atoms with Crippen LogP contribution in [0.2, 0.25) is 0 Å². The zero-order valence-electron chi connectivity index (χ0n) is 17.1. The van der Waals surface area contributed by atoms with Gasteiger partial charge >= 0.3 is 0 Å². The number of ether oxygens (including phenoxy) is 2. The average molecular weight is 445 g/mol. The number of nitrogens with zero attached hydrogens (tertiary/aromatic N) is 2. The van der Waals surface area contributed by atoms with Crippen LogP contribution in [0.5, 0.6) is 11.5 Å². The minimum Gasteiger partial charge on any atom is -0.497 e. The van der Waals surface area contributed by atoms with E-state index in [-0.39, 0.29) is 18.1 Å². The van der Waals surface area contributed by atoms with E-state index in [4.69, 9.17) is 9.47 Å². The first kappa shape index (κ1) is 21.2. The summed E-state index contributed by atoms with van der Waals surface area (Å²) in [4.78, 5) is 19.0. The Bertz CT molecular complexity index is 1070. The molecule has 1 fully saturated rings. The molecule has 0 bridgehead atoms. The van der Waals surface area contributed by atoms with Crippen LogP contribution in [0.4, 0.5) is 8.78 Å². The smallest absolute Gasteiger partial charge is 0.222 e. The van der Waals surface area contributed by atoms with Crippen LogP contribution in [-0.2, 0) is 17.9 Å². The average Bonchev–Trinajstić information content (AvgIpc) is 3.24. The number of halogens is 2. The standard InChI is InChI=1S/C23H22F2N2O3S/c1-29-16-7-5-15(6-8-16)14-30-22-19(24)10-9-18(21(22)25)23-26-12-17(31-23)13-27-11-3-2-4-20(27)28/h5-10,12H,2-4,11,13-14H2,1H3. The van der Waals surface area contributed by atoms with E-state index in [1.807, 2.05) is 0 Å². The van der Waals surface area contributed by atoms with E-state index in [0.717, 1.165) is 29.8 Å². The number of rotatable bonds is 7. The van der Waals surface area contributed by atoms with E-state index in [1.165, 1.54) is 23.5 Å². The lowest BCUT2D eigenvalue weighted by Crippen LogP contribution is -2.34. The molecule has 4 rings (SSSR count). The van der Waals surface area contributed by atoms with Crippen molar-refractivity contribution in [3.8, 4) is 22.1 Å². The maximum Gasteiger partial charge on any atom is 0.222 e. The van der Waals surface area contributed by atoms with Crippen molar-refractivity contribution in [2.75, 3.05) is 13.7 Å². The van der Waals surface area contributed by atoms with Gasteiger partial charge in [-0.25, -0.2) is 13.8 Å². The number of hydrogen-bond acceptors (Lipinski definition) is 5. The molecule has 0 radical (unpaired) electrons. The van der Waals surface area contributed by atoms with Crippen molar-refractivity contribution in [1.82, 2.24) is 9.88 Å². The Balaban J connectivity index is 1.50. The molecule has 2 heterocycles. The number of amides is 1. The summed E-state index contributed by atoms with van der Waals surface area (Å²) in [5.74, 6) is -1.18. The lowest BCUT2D eigenvalue weighted by molar-refractivity contribution is -0.133. The fourth-order valence-electron chi connectivity index (χ4n) is 3.43. The number of aromatic nitrogens is 1. The Morgan fingerprint density at radius 2 is 1.94 bits per heavy atom. The fourth-order valence-corrected chi connectivity index (χ4v) is 4.38. The van der Waals surface area contributed by atoms with Gasteiger partial charge in [0, 0.05) is 24.0 Å². The van der Waals surface area contributed by atoms with E-state index >= 15 is 4.39 Å². The number of methoxy groups -OCH3 is 1. The molecule has 1 aliphatic rings. The number of thiazole rings is 1. The summed E-state index contributed by atoms with van der Waals surface area (Å²) in [7, 11) is 1.57. The Hall–Kier alpha value is -3.00. The zero-order chi connectivity index (χ0) is 21.8. The van der Waals surface area contributed by atoms with Crippen LogP contribution in [0.25, 0.3) is 10.6 Å². The van der Waals surface area contributed by atoms with Crippen molar-refractivity contribution in [2.24, 2.45) is 0 Å². The lowest BCUT2D eigenvalue weighted by atomic mass is 10.1. The highest BCUT2D eigenvalue weighted by Gasteiger charge is 2.21. The molecule has 5 nitrogen and oxygen atoms in total. The Morgan fingerprint density at radius 3 is 2.68 bits per heavy atom. The minimum atomic E-state index is -0.788. The zero-order valence-corrected chi connectivity index (χ0v) is 17.9. The number of benzene rings is 2. The predicted molar refractivity (Wildman–Crippen MR) is 114 cm³/mol. The van der Waals surface area contributed by atoms with Crippen LogP contribution < -0.4 is 9.47 Å². The summed E-state index contributed by atoms with van der Waals surface area (Å²) < 4.78 is 39.9. The SMILES string of the molecule is COc1ccc(COc2c(F)ccc(-c3ncc(CN4CCCCC4=O)s3)c2F)cc1. The van der Waals surface area contributed by atoms with E-state index in [1.54, 1.807) is 42.5 Å². The first-order valence-electron chi connectivity index (χ1n) is 10.0. The fraction of sp³-hybridized carbons (Fsp3) is 0.304. The first-order valence-corrected chi connectivity index (χ1v) is 10.8. The third kappa shape index (κ3) is 4.85. The van der Waals surface area contributed by atoms with Crippen LogP contribution in [-0.4, -0.2) is 29.4 Å².